The van der Waals surface area contributed by atoms with Gasteiger partial charge in [-0.15, -0.1) is 0 Å². The maximum absolute atomic E-state index is 13.8. The molecular formula is C44H58F20O12. The molecule has 1 saturated carbocycles. The van der Waals surface area contributed by atoms with Gasteiger partial charge in [-0.3, -0.25) is 24.0 Å². The highest BCUT2D eigenvalue weighted by Gasteiger charge is 2.63. The number of hydrogen-bond donors (Lipinski definition) is 0. The van der Waals surface area contributed by atoms with Crippen molar-refractivity contribution in [1.29, 1.82) is 0 Å². The van der Waals surface area contributed by atoms with Gasteiger partial charge in [-0.25, -0.2) is 13.6 Å². The predicted molar refractivity (Wildman–Crippen MR) is 218 cm³/mol. The number of hydrogen-bond acceptors (Lipinski definition) is 12. The van der Waals surface area contributed by atoms with Crippen LogP contribution < -0.4 is 0 Å². The molecule has 0 amide bonds. The third-order valence-corrected chi connectivity index (χ3v) is 11.9. The van der Waals surface area contributed by atoms with Crippen LogP contribution in [0.5, 0.6) is 0 Å². The Labute approximate surface area is 421 Å². The molecule has 446 valence electrons. The second-order valence-electron chi connectivity index (χ2n) is 19.5. The largest absolute Gasteiger partial charge is 0.461 e. The Hall–Kier alpha value is -4.58. The van der Waals surface area contributed by atoms with Gasteiger partial charge >= 0.3 is 72.9 Å². The molecule has 0 aliphatic heterocycles. The van der Waals surface area contributed by atoms with Crippen molar-refractivity contribution in [1.82, 2.24) is 0 Å². The Kier molecular flexibility index (Phi) is 24.8. The van der Waals surface area contributed by atoms with E-state index >= 15 is 0 Å². The number of esters is 6. The van der Waals surface area contributed by atoms with Crippen molar-refractivity contribution in [3.8, 4) is 0 Å². The van der Waals surface area contributed by atoms with E-state index in [2.05, 4.69) is 18.9 Å². The normalized spacial score (nSPS) is 17.6. The summed E-state index contributed by atoms with van der Waals surface area (Å²) in [5.74, 6) is -16.0. The third kappa shape index (κ3) is 22.8. The average Bonchev–Trinajstić information content (AvgIpc) is 3.22. The molecule has 5 atom stereocenters. The van der Waals surface area contributed by atoms with Crippen molar-refractivity contribution in [2.24, 2.45) is 28.1 Å². The van der Waals surface area contributed by atoms with Crippen molar-refractivity contribution >= 4 is 35.8 Å². The fourth-order valence-corrected chi connectivity index (χ4v) is 6.94. The molecule has 32 heteroatoms. The first-order chi connectivity index (χ1) is 33.7. The van der Waals surface area contributed by atoms with E-state index in [4.69, 9.17) is 9.47 Å². The fraction of sp³-hybridized carbons (Fsp3) is 0.864. The minimum Gasteiger partial charge on any atom is -0.461 e. The summed E-state index contributed by atoms with van der Waals surface area (Å²) in [6.45, 7) is 3.89. The summed E-state index contributed by atoms with van der Waals surface area (Å²) >= 11 is 0. The molecule has 0 saturated heterocycles. The average molecular weight is 1160 g/mol. The Balaban J connectivity index is 0.00000148. The van der Waals surface area contributed by atoms with Crippen molar-refractivity contribution < 1.29 is 145 Å². The van der Waals surface area contributed by atoms with Gasteiger partial charge in [-0.1, -0.05) is 33.1 Å². The molecular weight excluding hydrogens is 1100 g/mol. The Bertz CT molecular complexity index is 1920. The lowest BCUT2D eigenvalue weighted by molar-refractivity contribution is -0.314. The first-order valence-corrected chi connectivity index (χ1v) is 22.7. The van der Waals surface area contributed by atoms with Crippen LogP contribution in [0.3, 0.4) is 0 Å². The summed E-state index contributed by atoms with van der Waals surface area (Å²) < 4.78 is 283. The van der Waals surface area contributed by atoms with Crippen LogP contribution in [0, 0.1) is 28.1 Å². The lowest BCUT2D eigenvalue weighted by atomic mass is 9.71. The van der Waals surface area contributed by atoms with Gasteiger partial charge in [0.25, 0.3) is 12.0 Å². The number of halogens is 20. The summed E-state index contributed by atoms with van der Waals surface area (Å²) in [4.78, 5) is 73.7. The van der Waals surface area contributed by atoms with Gasteiger partial charge in [0.1, 0.15) is 12.5 Å². The van der Waals surface area contributed by atoms with Crippen LogP contribution in [0.25, 0.3) is 0 Å². The van der Waals surface area contributed by atoms with Crippen LogP contribution in [0.15, 0.2) is 0 Å². The lowest BCUT2D eigenvalue weighted by Gasteiger charge is -2.37. The number of ether oxygens (including phenoxy) is 6. The van der Waals surface area contributed by atoms with E-state index in [-0.39, 0.29) is 25.7 Å². The predicted octanol–water partition coefficient (Wildman–Crippen LogP) is 12.8. The third-order valence-electron chi connectivity index (χ3n) is 11.9. The van der Waals surface area contributed by atoms with Crippen molar-refractivity contribution in [2.45, 2.75) is 200 Å². The fourth-order valence-electron chi connectivity index (χ4n) is 6.94. The number of rotatable bonds is 22. The van der Waals surface area contributed by atoms with Gasteiger partial charge in [0, 0.05) is 0 Å². The lowest BCUT2D eigenvalue weighted by Crippen LogP contribution is -2.50. The smallest absolute Gasteiger partial charge is 0.434 e. The highest BCUT2D eigenvalue weighted by atomic mass is 19.4. The maximum Gasteiger partial charge on any atom is 0.434 e. The van der Waals surface area contributed by atoms with Crippen molar-refractivity contribution in [3.63, 3.8) is 0 Å². The zero-order chi connectivity index (χ0) is 60.3. The zero-order valence-corrected chi connectivity index (χ0v) is 42.0. The molecule has 1 aliphatic carbocycles. The molecule has 1 rings (SSSR count). The minimum absolute atomic E-state index is 0.0361. The monoisotopic (exact) mass is 1160 g/mol. The summed E-state index contributed by atoms with van der Waals surface area (Å²) in [6, 6.07) is 0. The van der Waals surface area contributed by atoms with Gasteiger partial charge in [0.15, 0.2) is 24.7 Å². The van der Waals surface area contributed by atoms with E-state index in [9.17, 15) is 117 Å². The Morgan fingerprint density at radius 2 is 1.07 bits per heavy atom. The Morgan fingerprint density at radius 3 is 1.47 bits per heavy atom. The second kappa shape index (κ2) is 26.4. The molecule has 0 bridgehead atoms. The van der Waals surface area contributed by atoms with Crippen LogP contribution in [-0.2, 0) is 57.2 Å². The van der Waals surface area contributed by atoms with Gasteiger partial charge in [-0.2, -0.15) is 79.0 Å². The standard InChI is InChI=1S/C25H38F6O6.C19H20F14O6/c1-7-16(20(33)37-23(5,6)25(29,30)31)14-22(3,4)21(34)36-18(17-11-9-8-10-12-17)13-19(32)35-15(2)24(26,27)28;1-4-13(2,11(35)38-8-15(20,21)7-16(22,23)24)6-14(3,19(31,32)33)12(36)37-5-9(34)39-10(17(25,26)27)18(28,29)30/h15-18H,7-14H2,1-6H3;10H,4-8H2,1-3H3. The summed E-state index contributed by atoms with van der Waals surface area (Å²) in [5, 5.41) is 0. The second-order valence-corrected chi connectivity index (χ2v) is 19.5. The van der Waals surface area contributed by atoms with Crippen LogP contribution in [0.2, 0.25) is 0 Å². The van der Waals surface area contributed by atoms with Crippen LogP contribution in [-0.4, -0.2) is 116 Å². The number of alkyl halides is 20. The first-order valence-electron chi connectivity index (χ1n) is 22.7. The highest BCUT2D eigenvalue weighted by Crippen LogP contribution is 2.49. The molecule has 0 aromatic heterocycles. The summed E-state index contributed by atoms with van der Waals surface area (Å²) in [6.07, 6.45) is -43.2. The first kappa shape index (κ1) is 71.4. The quantitative estimate of drug-likeness (QED) is 0.0575. The molecule has 0 spiro atoms. The van der Waals surface area contributed by atoms with Gasteiger partial charge in [0.05, 0.1) is 23.2 Å². The molecule has 0 radical (unpaired) electrons. The van der Waals surface area contributed by atoms with Gasteiger partial charge < -0.3 is 28.4 Å². The van der Waals surface area contributed by atoms with E-state index < -0.39 is 164 Å². The van der Waals surface area contributed by atoms with E-state index in [0.717, 1.165) is 40.0 Å². The van der Waals surface area contributed by atoms with Crippen molar-refractivity contribution in [3.05, 3.63) is 0 Å². The molecule has 1 aliphatic rings. The van der Waals surface area contributed by atoms with Gasteiger partial charge in [0.2, 0.25) is 5.60 Å². The SMILES string of the molecule is CCC(C)(CC(C)(C(=O)OCC(=O)OC(C(F)(F)F)C(F)(F)F)C(F)(F)F)C(=O)OCC(F)(F)CC(F)(F)F.CCC(CC(C)(C)C(=O)OC(CC(=O)OC(C)C(F)(F)F)C1CCCCC1)C(=O)OC(C)(C)C(F)(F)F. The molecule has 0 aromatic rings. The van der Waals surface area contributed by atoms with Gasteiger partial charge in [-0.05, 0) is 92.9 Å². The summed E-state index contributed by atoms with van der Waals surface area (Å²) in [5.41, 5.74) is -10.5. The molecule has 12 nitrogen and oxygen atoms in total. The van der Waals surface area contributed by atoms with E-state index in [1.807, 2.05) is 0 Å². The van der Waals surface area contributed by atoms with E-state index in [1.54, 1.807) is 6.92 Å². The van der Waals surface area contributed by atoms with E-state index in [0.29, 0.717) is 26.7 Å². The number of carbonyl (C=O) groups is 6. The molecule has 0 aromatic carbocycles. The molecule has 1 fully saturated rings. The summed E-state index contributed by atoms with van der Waals surface area (Å²) in [7, 11) is 0. The van der Waals surface area contributed by atoms with Crippen molar-refractivity contribution in [2.75, 3.05) is 13.2 Å². The van der Waals surface area contributed by atoms with Crippen LogP contribution >= 0.6 is 0 Å². The molecule has 0 N–H and O–H groups in total. The minimum atomic E-state index is -6.20. The van der Waals surface area contributed by atoms with Crippen LogP contribution in [0.4, 0.5) is 87.8 Å². The zero-order valence-electron chi connectivity index (χ0n) is 42.0. The number of carbonyl (C=O) groups excluding carboxylic acids is 6. The van der Waals surface area contributed by atoms with E-state index in [1.165, 1.54) is 13.8 Å². The maximum atomic E-state index is 13.8. The molecule has 76 heavy (non-hydrogen) atoms. The van der Waals surface area contributed by atoms with Crippen LogP contribution in [0.1, 0.15) is 133 Å². The highest BCUT2D eigenvalue weighted by molar-refractivity contribution is 5.83. The topological polar surface area (TPSA) is 158 Å². The molecule has 5 unspecified atom stereocenters. The molecule has 0 heterocycles. The Morgan fingerprint density at radius 1 is 0.566 bits per heavy atom.